The Labute approximate surface area is 133 Å². The molecule has 0 saturated heterocycles. The first-order valence-electron chi connectivity index (χ1n) is 6.03. The molecule has 0 amide bonds. The van der Waals surface area contributed by atoms with Gasteiger partial charge in [-0.3, -0.25) is 0 Å². The molecule has 2 nitrogen and oxygen atoms in total. The maximum absolute atomic E-state index is 6.12. The molecule has 2 aromatic rings. The zero-order valence-electron chi connectivity index (χ0n) is 11.1. The van der Waals surface area contributed by atoms with Gasteiger partial charge in [0.15, 0.2) is 0 Å². The minimum atomic E-state index is 0.447. The minimum absolute atomic E-state index is 0.447. The molecule has 0 aromatic heterocycles. The third-order valence-corrected chi connectivity index (χ3v) is 3.99. The highest BCUT2D eigenvalue weighted by Crippen LogP contribution is 2.32. The Morgan fingerprint density at radius 2 is 1.70 bits per heavy atom. The monoisotopic (exact) mass is 329 g/mol. The van der Waals surface area contributed by atoms with Gasteiger partial charge in [0.05, 0.1) is 27.9 Å². The Morgan fingerprint density at radius 1 is 1.00 bits per heavy atom. The maximum atomic E-state index is 6.12. The van der Waals surface area contributed by atoms with Gasteiger partial charge >= 0.3 is 0 Å². The van der Waals surface area contributed by atoms with Crippen molar-refractivity contribution in [2.45, 2.75) is 13.5 Å². The molecule has 20 heavy (non-hydrogen) atoms. The van der Waals surface area contributed by atoms with Crippen LogP contribution in [0, 0.1) is 6.92 Å². The van der Waals surface area contributed by atoms with E-state index in [0.717, 1.165) is 22.6 Å². The summed E-state index contributed by atoms with van der Waals surface area (Å²) in [4.78, 5) is 0. The van der Waals surface area contributed by atoms with Crippen LogP contribution in [-0.4, -0.2) is 7.11 Å². The maximum Gasteiger partial charge on any atom is 0.121 e. The number of hydrogen-bond acceptors (Lipinski definition) is 2. The van der Waals surface area contributed by atoms with Crippen LogP contribution in [0.2, 0.25) is 15.1 Å². The van der Waals surface area contributed by atoms with E-state index in [0.29, 0.717) is 21.6 Å². The van der Waals surface area contributed by atoms with E-state index in [2.05, 4.69) is 11.4 Å². The van der Waals surface area contributed by atoms with Gasteiger partial charge in [-0.05, 0) is 36.2 Å². The van der Waals surface area contributed by atoms with Crippen molar-refractivity contribution in [3.05, 3.63) is 56.5 Å². The lowest BCUT2D eigenvalue weighted by Crippen LogP contribution is -2.01. The Balaban J connectivity index is 2.13. The second kappa shape index (κ2) is 6.57. The van der Waals surface area contributed by atoms with E-state index in [9.17, 15) is 0 Å². The van der Waals surface area contributed by atoms with Gasteiger partial charge in [0.2, 0.25) is 0 Å². The Hall–Kier alpha value is -1.09. The quantitative estimate of drug-likeness (QED) is 0.739. The molecule has 0 atom stereocenters. The number of benzene rings is 2. The molecular formula is C15H14Cl3NO. The lowest BCUT2D eigenvalue weighted by Gasteiger charge is -2.11. The molecule has 0 aliphatic carbocycles. The molecule has 0 unspecified atom stereocenters. The van der Waals surface area contributed by atoms with E-state index in [1.54, 1.807) is 19.2 Å². The van der Waals surface area contributed by atoms with Gasteiger partial charge in [-0.25, -0.2) is 0 Å². The van der Waals surface area contributed by atoms with E-state index < -0.39 is 0 Å². The summed E-state index contributed by atoms with van der Waals surface area (Å²) >= 11 is 18.0. The molecule has 2 aromatic carbocycles. The van der Waals surface area contributed by atoms with Crippen molar-refractivity contribution in [3.63, 3.8) is 0 Å². The van der Waals surface area contributed by atoms with Gasteiger partial charge in [-0.15, -0.1) is 0 Å². The van der Waals surface area contributed by atoms with Crippen molar-refractivity contribution in [2.75, 3.05) is 12.4 Å². The topological polar surface area (TPSA) is 21.3 Å². The Kier molecular flexibility index (Phi) is 5.03. The summed E-state index contributed by atoms with van der Waals surface area (Å²) in [5.41, 5.74) is 2.98. The molecule has 106 valence electrons. The number of halogens is 3. The molecule has 0 bridgehead atoms. The minimum Gasteiger partial charge on any atom is -0.496 e. The van der Waals surface area contributed by atoms with Crippen LogP contribution in [0.1, 0.15) is 11.1 Å². The second-order valence-corrected chi connectivity index (χ2v) is 5.63. The highest BCUT2D eigenvalue weighted by atomic mass is 35.5. The van der Waals surface area contributed by atoms with Crippen LogP contribution < -0.4 is 10.1 Å². The van der Waals surface area contributed by atoms with E-state index in [1.807, 2.05) is 19.1 Å². The smallest absolute Gasteiger partial charge is 0.121 e. The van der Waals surface area contributed by atoms with Gasteiger partial charge in [-0.2, -0.15) is 0 Å². The molecule has 0 heterocycles. The number of methoxy groups -OCH3 is 1. The van der Waals surface area contributed by atoms with Crippen molar-refractivity contribution < 1.29 is 4.74 Å². The summed E-state index contributed by atoms with van der Waals surface area (Å²) in [6, 6.07) is 9.37. The average molecular weight is 331 g/mol. The van der Waals surface area contributed by atoms with Gasteiger partial charge in [-0.1, -0.05) is 46.9 Å². The fraction of sp³-hybridized carbons (Fsp3) is 0.200. The first-order chi connectivity index (χ1) is 9.51. The first-order valence-corrected chi connectivity index (χ1v) is 7.16. The largest absolute Gasteiger partial charge is 0.496 e. The standard InChI is InChI=1S/C15H14Cl3NO/c1-9-5-10(3-4-15(9)20-2)8-19-14-7-12(17)11(16)6-13(14)18/h3-7,19H,8H2,1-2H3. The lowest BCUT2D eigenvalue weighted by atomic mass is 10.1. The SMILES string of the molecule is COc1ccc(CNc2cc(Cl)c(Cl)cc2Cl)cc1C. The predicted octanol–water partition coefficient (Wildman–Crippen LogP) is 5.58. The molecule has 2 rings (SSSR count). The summed E-state index contributed by atoms with van der Waals surface area (Å²) in [5, 5.41) is 4.72. The molecule has 1 N–H and O–H groups in total. The summed E-state index contributed by atoms with van der Waals surface area (Å²) in [6.45, 7) is 2.65. The fourth-order valence-electron chi connectivity index (χ4n) is 1.91. The van der Waals surface area contributed by atoms with Crippen molar-refractivity contribution in [2.24, 2.45) is 0 Å². The van der Waals surface area contributed by atoms with Crippen LogP contribution in [0.15, 0.2) is 30.3 Å². The number of aryl methyl sites for hydroxylation is 1. The van der Waals surface area contributed by atoms with Crippen LogP contribution >= 0.6 is 34.8 Å². The molecular weight excluding hydrogens is 317 g/mol. The summed E-state index contributed by atoms with van der Waals surface area (Å²) in [6.07, 6.45) is 0. The Morgan fingerprint density at radius 3 is 2.35 bits per heavy atom. The van der Waals surface area contributed by atoms with E-state index >= 15 is 0 Å². The fourth-order valence-corrected chi connectivity index (χ4v) is 2.52. The predicted molar refractivity (Wildman–Crippen MR) is 86.5 cm³/mol. The van der Waals surface area contributed by atoms with Crippen LogP contribution in [0.5, 0.6) is 5.75 Å². The molecule has 0 spiro atoms. The summed E-state index contributed by atoms with van der Waals surface area (Å²) < 4.78 is 5.24. The zero-order valence-corrected chi connectivity index (χ0v) is 13.4. The molecule has 0 fully saturated rings. The van der Waals surface area contributed by atoms with E-state index in [-0.39, 0.29) is 0 Å². The van der Waals surface area contributed by atoms with Crippen LogP contribution in [-0.2, 0) is 6.54 Å². The average Bonchev–Trinajstić information content (AvgIpc) is 2.41. The van der Waals surface area contributed by atoms with Crippen LogP contribution in [0.25, 0.3) is 0 Å². The van der Waals surface area contributed by atoms with Crippen molar-refractivity contribution in [3.8, 4) is 5.75 Å². The zero-order chi connectivity index (χ0) is 14.7. The van der Waals surface area contributed by atoms with Gasteiger partial charge in [0, 0.05) is 6.54 Å². The molecule has 5 heteroatoms. The number of hydrogen-bond donors (Lipinski definition) is 1. The Bertz CT molecular complexity index is 629. The van der Waals surface area contributed by atoms with Gasteiger partial charge < -0.3 is 10.1 Å². The van der Waals surface area contributed by atoms with Crippen molar-refractivity contribution in [1.29, 1.82) is 0 Å². The molecule has 0 aliphatic heterocycles. The third-order valence-electron chi connectivity index (χ3n) is 2.95. The summed E-state index contributed by atoms with van der Waals surface area (Å²) in [5.74, 6) is 0.876. The molecule has 0 radical (unpaired) electrons. The van der Waals surface area contributed by atoms with Crippen molar-refractivity contribution >= 4 is 40.5 Å². The highest BCUT2D eigenvalue weighted by Gasteiger charge is 2.06. The van der Waals surface area contributed by atoms with Gasteiger partial charge in [0.25, 0.3) is 0 Å². The van der Waals surface area contributed by atoms with Crippen LogP contribution in [0.3, 0.4) is 0 Å². The summed E-state index contributed by atoms with van der Waals surface area (Å²) in [7, 11) is 1.66. The number of nitrogens with one attached hydrogen (secondary N) is 1. The first kappa shape index (κ1) is 15.3. The van der Waals surface area contributed by atoms with Crippen LogP contribution in [0.4, 0.5) is 5.69 Å². The number of anilines is 1. The lowest BCUT2D eigenvalue weighted by molar-refractivity contribution is 0.411. The van der Waals surface area contributed by atoms with Gasteiger partial charge in [0.1, 0.15) is 5.75 Å². The second-order valence-electron chi connectivity index (χ2n) is 4.40. The number of ether oxygens (including phenoxy) is 1. The molecule has 0 aliphatic rings. The van der Waals surface area contributed by atoms with Crippen molar-refractivity contribution in [1.82, 2.24) is 0 Å². The normalized spacial score (nSPS) is 10.4. The van der Waals surface area contributed by atoms with E-state index in [1.165, 1.54) is 0 Å². The molecule has 0 saturated carbocycles. The highest BCUT2D eigenvalue weighted by molar-refractivity contribution is 6.44. The third kappa shape index (κ3) is 3.51. The number of rotatable bonds is 4. The van der Waals surface area contributed by atoms with E-state index in [4.69, 9.17) is 39.5 Å².